The van der Waals surface area contributed by atoms with Crippen LogP contribution < -0.4 is 15.4 Å². The first-order valence-corrected chi connectivity index (χ1v) is 12.2. The first-order chi connectivity index (χ1) is 15.5. The Balaban J connectivity index is 1.36. The quantitative estimate of drug-likeness (QED) is 0.437. The van der Waals surface area contributed by atoms with Gasteiger partial charge in [-0.1, -0.05) is 41.7 Å². The Kier molecular flexibility index (Phi) is 9.06. The molecule has 0 radical (unpaired) electrons. The van der Waals surface area contributed by atoms with Crippen LogP contribution in [0.15, 0.2) is 54.6 Å². The van der Waals surface area contributed by atoms with E-state index in [4.69, 9.17) is 4.74 Å². The van der Waals surface area contributed by atoms with Gasteiger partial charge in [0.1, 0.15) is 10.8 Å². The molecule has 2 amide bonds. The average molecular weight is 471 g/mol. The summed E-state index contributed by atoms with van der Waals surface area (Å²) in [6.45, 7) is 2.02. The molecule has 0 bridgehead atoms. The van der Waals surface area contributed by atoms with Crippen LogP contribution >= 0.6 is 23.1 Å². The topological polar surface area (TPSA) is 93.2 Å². The van der Waals surface area contributed by atoms with Crippen molar-refractivity contribution in [2.24, 2.45) is 0 Å². The van der Waals surface area contributed by atoms with Crippen LogP contribution in [0.3, 0.4) is 0 Å². The molecule has 0 aliphatic carbocycles. The highest BCUT2D eigenvalue weighted by molar-refractivity contribution is 7.99. The number of thioether (sulfide) groups is 1. The lowest BCUT2D eigenvalue weighted by molar-refractivity contribution is -0.119. The van der Waals surface area contributed by atoms with Crippen LogP contribution in [0.1, 0.15) is 33.7 Å². The van der Waals surface area contributed by atoms with Crippen LogP contribution in [0.5, 0.6) is 5.75 Å². The molecule has 2 N–H and O–H groups in total. The van der Waals surface area contributed by atoms with Gasteiger partial charge in [-0.3, -0.25) is 9.59 Å². The molecule has 3 aromatic rings. The second kappa shape index (κ2) is 12.2. The molecule has 0 aliphatic rings. The number of nitrogens with zero attached hydrogens (tertiary/aromatic N) is 2. The van der Waals surface area contributed by atoms with Crippen LogP contribution in [-0.2, 0) is 17.0 Å². The van der Waals surface area contributed by atoms with E-state index in [1.165, 1.54) is 28.7 Å². The minimum absolute atomic E-state index is 0.00227. The van der Waals surface area contributed by atoms with Gasteiger partial charge in [0, 0.05) is 17.5 Å². The Bertz CT molecular complexity index is 1010. The Morgan fingerprint density at radius 3 is 2.56 bits per heavy atom. The number of nitrogens with one attached hydrogen (secondary N) is 2. The van der Waals surface area contributed by atoms with Gasteiger partial charge >= 0.3 is 0 Å². The van der Waals surface area contributed by atoms with Crippen molar-refractivity contribution in [3.63, 3.8) is 0 Å². The standard InChI is InChI=1S/C23H26N4O3S2/c1-16(8-9-17-6-4-3-5-7-17)24-20(28)14-31-15-21-26-27-23(32-21)22(29)25-18-10-12-19(30-2)13-11-18/h3-7,10-13,16H,8-9,14-15H2,1-2H3,(H,24,28)(H,25,29). The number of methoxy groups -OCH3 is 1. The molecule has 9 heteroatoms. The summed E-state index contributed by atoms with van der Waals surface area (Å²) in [6, 6.07) is 17.4. The summed E-state index contributed by atoms with van der Waals surface area (Å²) in [7, 11) is 1.59. The predicted molar refractivity (Wildman–Crippen MR) is 129 cm³/mol. The summed E-state index contributed by atoms with van der Waals surface area (Å²) >= 11 is 2.68. The van der Waals surface area contributed by atoms with Crippen molar-refractivity contribution < 1.29 is 14.3 Å². The summed E-state index contributed by atoms with van der Waals surface area (Å²) < 4.78 is 5.10. The van der Waals surface area contributed by atoms with Gasteiger partial charge in [-0.25, -0.2) is 0 Å². The Hall–Kier alpha value is -2.91. The normalized spacial score (nSPS) is 11.6. The predicted octanol–water partition coefficient (Wildman–Crippen LogP) is 4.17. The van der Waals surface area contributed by atoms with E-state index in [0.29, 0.717) is 28.0 Å². The lowest BCUT2D eigenvalue weighted by Crippen LogP contribution is -2.34. The number of aryl methyl sites for hydroxylation is 1. The Morgan fingerprint density at radius 2 is 1.84 bits per heavy atom. The molecule has 1 atom stereocenters. The largest absolute Gasteiger partial charge is 0.497 e. The Labute approximate surface area is 196 Å². The SMILES string of the molecule is COc1ccc(NC(=O)c2nnc(CSCC(=O)NC(C)CCc3ccccc3)s2)cc1. The number of hydrogen-bond acceptors (Lipinski definition) is 7. The molecular weight excluding hydrogens is 444 g/mol. The molecule has 1 unspecified atom stereocenters. The summed E-state index contributed by atoms with van der Waals surface area (Å²) in [4.78, 5) is 24.5. The zero-order valence-electron chi connectivity index (χ0n) is 18.0. The second-order valence-electron chi connectivity index (χ2n) is 7.17. The van der Waals surface area contributed by atoms with E-state index in [2.05, 4.69) is 33.0 Å². The molecule has 168 valence electrons. The third-order valence-electron chi connectivity index (χ3n) is 4.58. The Morgan fingerprint density at radius 1 is 1.09 bits per heavy atom. The highest BCUT2D eigenvalue weighted by atomic mass is 32.2. The first-order valence-electron chi connectivity index (χ1n) is 10.2. The van der Waals surface area contributed by atoms with Gasteiger partial charge in [-0.15, -0.1) is 22.0 Å². The van der Waals surface area contributed by atoms with Crippen LogP contribution in [0.25, 0.3) is 0 Å². The highest BCUT2D eigenvalue weighted by Crippen LogP contribution is 2.19. The lowest BCUT2D eigenvalue weighted by atomic mass is 10.1. The zero-order valence-corrected chi connectivity index (χ0v) is 19.7. The van der Waals surface area contributed by atoms with E-state index in [9.17, 15) is 9.59 Å². The monoisotopic (exact) mass is 470 g/mol. The molecule has 0 saturated carbocycles. The first kappa shape index (κ1) is 23.7. The van der Waals surface area contributed by atoms with Gasteiger partial charge in [0.05, 0.1) is 12.9 Å². The number of benzene rings is 2. The van der Waals surface area contributed by atoms with Crippen molar-refractivity contribution in [3.8, 4) is 5.75 Å². The van der Waals surface area contributed by atoms with Crippen molar-refractivity contribution >= 4 is 40.6 Å². The van der Waals surface area contributed by atoms with Crippen molar-refractivity contribution in [2.45, 2.75) is 31.6 Å². The van der Waals surface area contributed by atoms with E-state index in [-0.39, 0.29) is 22.9 Å². The van der Waals surface area contributed by atoms with Crippen LogP contribution in [0.2, 0.25) is 0 Å². The van der Waals surface area contributed by atoms with Crippen LogP contribution in [-0.4, -0.2) is 40.9 Å². The lowest BCUT2D eigenvalue weighted by Gasteiger charge is -2.13. The van der Waals surface area contributed by atoms with Gasteiger partial charge in [-0.2, -0.15) is 0 Å². The second-order valence-corrected chi connectivity index (χ2v) is 9.22. The van der Waals surface area contributed by atoms with E-state index in [1.807, 2.05) is 25.1 Å². The average Bonchev–Trinajstić information content (AvgIpc) is 3.28. The zero-order chi connectivity index (χ0) is 22.8. The molecule has 0 saturated heterocycles. The van der Waals surface area contributed by atoms with Gasteiger partial charge < -0.3 is 15.4 Å². The van der Waals surface area contributed by atoms with Crippen LogP contribution in [0, 0.1) is 0 Å². The number of ether oxygens (including phenoxy) is 1. The van der Waals surface area contributed by atoms with Crippen molar-refractivity contribution in [3.05, 3.63) is 70.2 Å². The third kappa shape index (κ3) is 7.65. The number of hydrogen-bond donors (Lipinski definition) is 2. The van der Waals surface area contributed by atoms with E-state index in [1.54, 1.807) is 31.4 Å². The minimum Gasteiger partial charge on any atom is -0.497 e. The molecular formula is C23H26N4O3S2. The number of aromatic nitrogens is 2. The van der Waals surface area contributed by atoms with Gasteiger partial charge in [0.15, 0.2) is 0 Å². The maximum atomic E-state index is 12.3. The van der Waals surface area contributed by atoms with E-state index < -0.39 is 0 Å². The van der Waals surface area contributed by atoms with Gasteiger partial charge in [0.2, 0.25) is 10.9 Å². The fourth-order valence-electron chi connectivity index (χ4n) is 2.91. The fraction of sp³-hybridized carbons (Fsp3) is 0.304. The van der Waals surface area contributed by atoms with Crippen molar-refractivity contribution in [1.29, 1.82) is 0 Å². The fourth-order valence-corrected chi connectivity index (χ4v) is 4.53. The summed E-state index contributed by atoms with van der Waals surface area (Å²) in [5.74, 6) is 1.27. The number of rotatable bonds is 11. The summed E-state index contributed by atoms with van der Waals surface area (Å²) in [6.07, 6.45) is 1.82. The van der Waals surface area contributed by atoms with Gasteiger partial charge in [0.25, 0.3) is 5.91 Å². The van der Waals surface area contributed by atoms with E-state index >= 15 is 0 Å². The van der Waals surface area contributed by atoms with Crippen LogP contribution in [0.4, 0.5) is 5.69 Å². The van der Waals surface area contributed by atoms with Crippen molar-refractivity contribution in [2.75, 3.05) is 18.2 Å². The maximum Gasteiger partial charge on any atom is 0.286 e. The summed E-state index contributed by atoms with van der Waals surface area (Å²) in [5, 5.41) is 14.8. The number of carbonyl (C=O) groups excluding carboxylic acids is 2. The third-order valence-corrected chi connectivity index (χ3v) is 6.63. The molecule has 0 fully saturated rings. The number of carbonyl (C=O) groups is 2. The molecule has 7 nitrogen and oxygen atoms in total. The van der Waals surface area contributed by atoms with Crippen molar-refractivity contribution in [1.82, 2.24) is 15.5 Å². The molecule has 1 aromatic heterocycles. The smallest absolute Gasteiger partial charge is 0.286 e. The number of anilines is 1. The molecule has 2 aromatic carbocycles. The van der Waals surface area contributed by atoms with Gasteiger partial charge in [-0.05, 0) is 49.6 Å². The molecule has 32 heavy (non-hydrogen) atoms. The molecule has 0 aliphatic heterocycles. The molecule has 0 spiro atoms. The highest BCUT2D eigenvalue weighted by Gasteiger charge is 2.14. The number of amides is 2. The minimum atomic E-state index is -0.311. The molecule has 3 rings (SSSR count). The maximum absolute atomic E-state index is 12.3. The van der Waals surface area contributed by atoms with E-state index in [0.717, 1.165) is 12.8 Å². The summed E-state index contributed by atoms with van der Waals surface area (Å²) in [5.41, 5.74) is 1.92. The molecule has 1 heterocycles.